The van der Waals surface area contributed by atoms with Gasteiger partial charge >= 0.3 is 5.63 Å². The number of benzene rings is 1. The number of fused-ring (bicyclic) bond motifs is 1. The Bertz CT molecular complexity index is 750. The van der Waals surface area contributed by atoms with E-state index in [-0.39, 0.29) is 0 Å². The molecule has 0 bridgehead atoms. The summed E-state index contributed by atoms with van der Waals surface area (Å²) in [6.07, 6.45) is 1.63. The number of thiazole rings is 1. The number of nitrogen functional groups attached to an aromatic ring is 1. The lowest BCUT2D eigenvalue weighted by Gasteiger charge is -2.08. The largest absolute Gasteiger partial charge is 0.422 e. The summed E-state index contributed by atoms with van der Waals surface area (Å²) in [7, 11) is 0. The lowest BCUT2D eigenvalue weighted by Crippen LogP contribution is -2.14. The summed E-state index contributed by atoms with van der Waals surface area (Å²) in [5.74, 6) is 5.54. The highest BCUT2D eigenvalue weighted by molar-refractivity contribution is 7.13. The fourth-order valence-electron chi connectivity index (χ4n) is 1.84. The highest BCUT2D eigenvalue weighted by Crippen LogP contribution is 2.31. The molecule has 3 N–H and O–H groups in total. The predicted octanol–water partition coefficient (Wildman–Crippen LogP) is 2.20. The molecule has 0 amide bonds. The summed E-state index contributed by atoms with van der Waals surface area (Å²) in [4.78, 5) is 16.1. The first kappa shape index (κ1) is 10.9. The van der Waals surface area contributed by atoms with Gasteiger partial charge in [-0.15, -0.1) is 11.3 Å². The van der Waals surface area contributed by atoms with E-state index >= 15 is 0 Å². The van der Waals surface area contributed by atoms with Crippen LogP contribution >= 0.6 is 11.3 Å². The second-order valence-corrected chi connectivity index (χ2v) is 4.51. The zero-order chi connectivity index (χ0) is 12.5. The van der Waals surface area contributed by atoms with E-state index in [9.17, 15) is 4.79 Å². The van der Waals surface area contributed by atoms with Gasteiger partial charge in [0.25, 0.3) is 0 Å². The lowest BCUT2D eigenvalue weighted by atomic mass is 10.1. The summed E-state index contributed by atoms with van der Waals surface area (Å²) in [5, 5.41) is 3.14. The molecule has 6 heteroatoms. The molecule has 0 aliphatic rings. The van der Waals surface area contributed by atoms with Crippen molar-refractivity contribution in [3.63, 3.8) is 0 Å². The molecule has 0 spiro atoms. The highest BCUT2D eigenvalue weighted by Gasteiger charge is 2.17. The number of aromatic nitrogens is 1. The Hall–Kier alpha value is -2.18. The van der Waals surface area contributed by atoms with Crippen LogP contribution in [0.25, 0.3) is 21.5 Å². The van der Waals surface area contributed by atoms with Crippen LogP contribution in [0, 0.1) is 0 Å². The van der Waals surface area contributed by atoms with Crippen LogP contribution < -0.4 is 16.9 Å². The molecular formula is C12H9N3O2S. The monoisotopic (exact) mass is 259 g/mol. The molecule has 3 aromatic rings. The van der Waals surface area contributed by atoms with Gasteiger partial charge in [0.15, 0.2) is 0 Å². The van der Waals surface area contributed by atoms with Gasteiger partial charge in [0.05, 0.1) is 5.69 Å². The third kappa shape index (κ3) is 1.59. The van der Waals surface area contributed by atoms with Crippen molar-refractivity contribution in [2.24, 2.45) is 5.84 Å². The Labute approximate surface area is 106 Å². The molecule has 0 aliphatic carbocycles. The maximum absolute atomic E-state index is 12.0. The molecule has 2 aromatic heterocycles. The normalized spacial score (nSPS) is 10.7. The van der Waals surface area contributed by atoms with Crippen molar-refractivity contribution in [2.75, 3.05) is 5.43 Å². The Morgan fingerprint density at radius 2 is 2.17 bits per heavy atom. The van der Waals surface area contributed by atoms with Crippen molar-refractivity contribution in [3.05, 3.63) is 46.3 Å². The minimum Gasteiger partial charge on any atom is -0.422 e. The number of hydrazine groups is 1. The van der Waals surface area contributed by atoms with Crippen LogP contribution in [0.15, 0.2) is 45.1 Å². The third-order valence-corrected chi connectivity index (χ3v) is 3.39. The van der Waals surface area contributed by atoms with E-state index in [1.165, 1.54) is 11.3 Å². The molecule has 0 atom stereocenters. The van der Waals surface area contributed by atoms with Gasteiger partial charge in [-0.2, -0.15) is 0 Å². The average Bonchev–Trinajstić information content (AvgIpc) is 2.90. The van der Waals surface area contributed by atoms with Crippen LogP contribution in [0.2, 0.25) is 0 Å². The smallest absolute Gasteiger partial charge is 0.348 e. The molecule has 2 heterocycles. The summed E-state index contributed by atoms with van der Waals surface area (Å²) < 4.78 is 5.27. The zero-order valence-electron chi connectivity index (χ0n) is 9.21. The number of hydrogen-bond acceptors (Lipinski definition) is 6. The number of nitrogens with zero attached hydrogens (tertiary/aromatic N) is 1. The average molecular weight is 259 g/mol. The van der Waals surface area contributed by atoms with Gasteiger partial charge in [-0.05, 0) is 12.1 Å². The molecule has 1 aromatic carbocycles. The van der Waals surface area contributed by atoms with Crippen LogP contribution in [-0.4, -0.2) is 4.98 Å². The number of rotatable bonds is 2. The van der Waals surface area contributed by atoms with E-state index in [1.807, 2.05) is 12.1 Å². The quantitative estimate of drug-likeness (QED) is 0.419. The van der Waals surface area contributed by atoms with Crippen molar-refractivity contribution < 1.29 is 4.42 Å². The number of nitrogens with two attached hydrogens (primary N) is 1. The molecule has 0 radical (unpaired) electrons. The summed E-state index contributed by atoms with van der Waals surface area (Å²) in [5.41, 5.74) is 3.53. The van der Waals surface area contributed by atoms with E-state index in [4.69, 9.17) is 10.3 Å². The predicted molar refractivity (Wildman–Crippen MR) is 71.4 cm³/mol. The van der Waals surface area contributed by atoms with Crippen molar-refractivity contribution in [1.29, 1.82) is 0 Å². The Morgan fingerprint density at radius 3 is 2.89 bits per heavy atom. The van der Waals surface area contributed by atoms with Crippen LogP contribution in [-0.2, 0) is 0 Å². The Balaban J connectivity index is 2.45. The topological polar surface area (TPSA) is 81.1 Å². The summed E-state index contributed by atoms with van der Waals surface area (Å²) >= 11 is 1.36. The van der Waals surface area contributed by atoms with Crippen molar-refractivity contribution in [2.45, 2.75) is 0 Å². The summed E-state index contributed by atoms with van der Waals surface area (Å²) in [6, 6.07) is 7.22. The van der Waals surface area contributed by atoms with Gasteiger partial charge in [-0.1, -0.05) is 12.1 Å². The van der Waals surface area contributed by atoms with Gasteiger partial charge in [-0.3, -0.25) is 5.84 Å². The van der Waals surface area contributed by atoms with Gasteiger partial charge in [0, 0.05) is 17.0 Å². The van der Waals surface area contributed by atoms with E-state index in [0.717, 1.165) is 5.39 Å². The van der Waals surface area contributed by atoms with Gasteiger partial charge in [-0.25, -0.2) is 9.78 Å². The minimum atomic E-state index is -0.448. The second-order valence-electron chi connectivity index (χ2n) is 3.62. The van der Waals surface area contributed by atoms with Crippen LogP contribution in [0.4, 0.5) is 5.69 Å². The van der Waals surface area contributed by atoms with E-state index in [0.29, 0.717) is 21.8 Å². The molecule has 0 aliphatic heterocycles. The second kappa shape index (κ2) is 4.25. The molecule has 0 saturated carbocycles. The van der Waals surface area contributed by atoms with Gasteiger partial charge in [0.2, 0.25) is 0 Å². The fourth-order valence-corrected chi connectivity index (χ4v) is 2.52. The molecule has 5 nitrogen and oxygen atoms in total. The lowest BCUT2D eigenvalue weighted by molar-refractivity contribution is 0.564. The first-order valence-corrected chi connectivity index (χ1v) is 6.11. The van der Waals surface area contributed by atoms with Crippen molar-refractivity contribution >= 4 is 28.0 Å². The highest BCUT2D eigenvalue weighted by atomic mass is 32.1. The molecule has 0 saturated heterocycles. The Kier molecular flexibility index (Phi) is 2.58. The van der Waals surface area contributed by atoms with Crippen molar-refractivity contribution in [1.82, 2.24) is 4.98 Å². The molecular weight excluding hydrogens is 250 g/mol. The SMILES string of the molecule is NNc1c(-c2nccs2)c(=O)oc2ccccc12. The minimum absolute atomic E-state index is 0.367. The van der Waals surface area contributed by atoms with E-state index < -0.39 is 5.63 Å². The van der Waals surface area contributed by atoms with Crippen LogP contribution in [0.1, 0.15) is 0 Å². The van der Waals surface area contributed by atoms with Crippen LogP contribution in [0.5, 0.6) is 0 Å². The fraction of sp³-hybridized carbons (Fsp3) is 0. The third-order valence-electron chi connectivity index (χ3n) is 2.60. The zero-order valence-corrected chi connectivity index (χ0v) is 10.0. The van der Waals surface area contributed by atoms with Crippen LogP contribution in [0.3, 0.4) is 0 Å². The molecule has 90 valence electrons. The standard InChI is InChI=1S/C12H9N3O2S/c13-15-10-7-3-1-2-4-8(7)17-12(16)9(10)11-14-5-6-18-11/h1-6,15H,13H2. The Morgan fingerprint density at radius 1 is 1.33 bits per heavy atom. The molecule has 0 unspecified atom stereocenters. The number of hydrogen-bond donors (Lipinski definition) is 2. The first-order chi connectivity index (χ1) is 8.81. The molecule has 0 fully saturated rings. The van der Waals surface area contributed by atoms with E-state index in [1.54, 1.807) is 23.7 Å². The molecule has 18 heavy (non-hydrogen) atoms. The number of anilines is 1. The number of para-hydroxylation sites is 1. The summed E-state index contributed by atoms with van der Waals surface area (Å²) in [6.45, 7) is 0. The van der Waals surface area contributed by atoms with Crippen molar-refractivity contribution in [3.8, 4) is 10.6 Å². The van der Waals surface area contributed by atoms with Gasteiger partial charge in [0.1, 0.15) is 16.2 Å². The maximum Gasteiger partial charge on any atom is 0.348 e. The van der Waals surface area contributed by atoms with Gasteiger partial charge < -0.3 is 9.84 Å². The first-order valence-electron chi connectivity index (χ1n) is 5.23. The van der Waals surface area contributed by atoms with E-state index in [2.05, 4.69) is 10.4 Å². The molecule has 3 rings (SSSR count). The maximum atomic E-state index is 12.0. The number of nitrogens with one attached hydrogen (secondary N) is 1.